The zero-order valence-corrected chi connectivity index (χ0v) is 15.4. The van der Waals surface area contributed by atoms with Crippen molar-refractivity contribution < 1.29 is 14.3 Å². The fraction of sp³-hybridized carbons (Fsp3) is 0.286. The largest absolute Gasteiger partial charge is 0.465 e. The molecule has 140 valence electrons. The Morgan fingerprint density at radius 3 is 2.44 bits per heavy atom. The van der Waals surface area contributed by atoms with E-state index >= 15 is 0 Å². The van der Waals surface area contributed by atoms with E-state index in [1.807, 2.05) is 12.1 Å². The van der Waals surface area contributed by atoms with Crippen LogP contribution in [0.5, 0.6) is 0 Å². The van der Waals surface area contributed by atoms with Gasteiger partial charge in [-0.1, -0.05) is 12.1 Å². The van der Waals surface area contributed by atoms with E-state index in [0.717, 1.165) is 24.3 Å². The molecule has 1 amide bonds. The maximum atomic E-state index is 12.1. The van der Waals surface area contributed by atoms with Crippen LogP contribution in [0.1, 0.15) is 35.2 Å². The molecule has 0 aliphatic carbocycles. The van der Waals surface area contributed by atoms with E-state index in [0.29, 0.717) is 11.4 Å². The van der Waals surface area contributed by atoms with Gasteiger partial charge in [-0.3, -0.25) is 4.79 Å². The minimum absolute atomic E-state index is 0.259. The molecule has 1 saturated heterocycles. The number of esters is 1. The lowest BCUT2D eigenvalue weighted by molar-refractivity contribution is -0.111. The highest BCUT2D eigenvalue weighted by molar-refractivity contribution is 6.01. The Morgan fingerprint density at radius 2 is 1.81 bits per heavy atom. The third-order valence-corrected chi connectivity index (χ3v) is 4.48. The average Bonchev–Trinajstić information content (AvgIpc) is 2.73. The number of rotatable bonds is 5. The molecule has 6 nitrogen and oxygen atoms in total. The molecule has 0 bridgehead atoms. The molecule has 6 heteroatoms. The molecule has 1 aliphatic rings. The number of piperidine rings is 1. The van der Waals surface area contributed by atoms with E-state index in [4.69, 9.17) is 0 Å². The fourth-order valence-electron chi connectivity index (χ4n) is 2.99. The number of carbonyl (C=O) groups is 2. The number of anilines is 2. The van der Waals surface area contributed by atoms with Crippen molar-refractivity contribution >= 4 is 29.5 Å². The maximum absolute atomic E-state index is 12.1. The van der Waals surface area contributed by atoms with Gasteiger partial charge in [0.25, 0.3) is 0 Å². The quantitative estimate of drug-likeness (QED) is 0.648. The molecular formula is C21H23N3O3. The second kappa shape index (κ2) is 8.98. The first-order valence-electron chi connectivity index (χ1n) is 9.04. The van der Waals surface area contributed by atoms with Crippen LogP contribution in [0.25, 0.3) is 6.08 Å². The van der Waals surface area contributed by atoms with Crippen LogP contribution in [0, 0.1) is 0 Å². The molecule has 0 radical (unpaired) electrons. The molecule has 0 atom stereocenters. The van der Waals surface area contributed by atoms with Gasteiger partial charge in [-0.25, -0.2) is 9.78 Å². The number of nitrogens with one attached hydrogen (secondary N) is 1. The van der Waals surface area contributed by atoms with Crippen LogP contribution in [0.15, 0.2) is 48.7 Å². The smallest absolute Gasteiger partial charge is 0.337 e. The van der Waals surface area contributed by atoms with Crippen molar-refractivity contribution in [1.29, 1.82) is 0 Å². The van der Waals surface area contributed by atoms with Crippen molar-refractivity contribution in [2.75, 3.05) is 30.4 Å². The topological polar surface area (TPSA) is 71.5 Å². The zero-order valence-electron chi connectivity index (χ0n) is 15.4. The number of aromatic nitrogens is 1. The third-order valence-electron chi connectivity index (χ3n) is 4.48. The number of amides is 1. The number of carbonyl (C=O) groups excluding carboxylic acids is 2. The van der Waals surface area contributed by atoms with Crippen LogP contribution in [0.4, 0.5) is 11.5 Å². The molecule has 3 rings (SSSR count). The minimum Gasteiger partial charge on any atom is -0.465 e. The monoisotopic (exact) mass is 365 g/mol. The summed E-state index contributed by atoms with van der Waals surface area (Å²) < 4.78 is 4.66. The molecule has 1 N–H and O–H groups in total. The third kappa shape index (κ3) is 5.17. The summed E-state index contributed by atoms with van der Waals surface area (Å²) in [6.45, 7) is 2.12. The van der Waals surface area contributed by atoms with Crippen LogP contribution in [0.3, 0.4) is 0 Å². The second-order valence-electron chi connectivity index (χ2n) is 6.39. The molecule has 1 aliphatic heterocycles. The number of ether oxygens (including phenoxy) is 1. The summed E-state index contributed by atoms with van der Waals surface area (Å²) in [6.07, 6.45) is 8.63. The van der Waals surface area contributed by atoms with E-state index in [-0.39, 0.29) is 11.9 Å². The first-order chi connectivity index (χ1) is 13.2. The number of nitrogens with zero attached hydrogens (tertiary/aromatic N) is 2. The predicted molar refractivity (Wildman–Crippen MR) is 106 cm³/mol. The molecular weight excluding hydrogens is 342 g/mol. The normalized spacial score (nSPS) is 14.2. The fourth-order valence-corrected chi connectivity index (χ4v) is 2.99. The van der Waals surface area contributed by atoms with Crippen molar-refractivity contribution in [2.45, 2.75) is 19.3 Å². The first kappa shape index (κ1) is 18.6. The van der Waals surface area contributed by atoms with Crippen molar-refractivity contribution in [1.82, 2.24) is 4.98 Å². The number of methoxy groups -OCH3 is 1. The van der Waals surface area contributed by atoms with Gasteiger partial charge < -0.3 is 15.0 Å². The predicted octanol–water partition coefficient (Wildman–Crippen LogP) is 3.51. The van der Waals surface area contributed by atoms with Crippen LogP contribution in [-0.4, -0.2) is 37.1 Å². The van der Waals surface area contributed by atoms with Crippen LogP contribution >= 0.6 is 0 Å². The molecule has 1 aromatic heterocycles. The van der Waals surface area contributed by atoms with E-state index in [9.17, 15) is 9.59 Å². The highest BCUT2D eigenvalue weighted by Crippen LogP contribution is 2.20. The molecule has 0 unspecified atom stereocenters. The van der Waals surface area contributed by atoms with Gasteiger partial charge in [-0.2, -0.15) is 0 Å². The molecule has 1 aromatic carbocycles. The van der Waals surface area contributed by atoms with Crippen LogP contribution < -0.4 is 10.2 Å². The lowest BCUT2D eigenvalue weighted by Crippen LogP contribution is -2.29. The highest BCUT2D eigenvalue weighted by Gasteiger charge is 2.11. The van der Waals surface area contributed by atoms with Gasteiger partial charge in [0.1, 0.15) is 5.82 Å². The average molecular weight is 365 g/mol. The van der Waals surface area contributed by atoms with E-state index in [1.165, 1.54) is 32.4 Å². The number of hydrogen-bond donors (Lipinski definition) is 1. The lowest BCUT2D eigenvalue weighted by atomic mass is 10.1. The standard InChI is InChI=1S/C21H23N3O3/c1-27-21(26)17-8-5-16(6-9-17)7-12-20(25)23-19-11-10-18(15-22-19)24-13-3-2-4-14-24/h5-12,15H,2-4,13-14H2,1H3,(H,22,23,25)/b12-7+. The van der Waals surface area contributed by atoms with Crippen molar-refractivity contribution in [3.63, 3.8) is 0 Å². The van der Waals surface area contributed by atoms with Crippen molar-refractivity contribution in [3.05, 3.63) is 59.8 Å². The van der Waals surface area contributed by atoms with Crippen molar-refractivity contribution in [3.8, 4) is 0 Å². The maximum Gasteiger partial charge on any atom is 0.337 e. The van der Waals surface area contributed by atoms with Gasteiger partial charge in [0, 0.05) is 19.2 Å². The Kier molecular flexibility index (Phi) is 6.20. The summed E-state index contributed by atoms with van der Waals surface area (Å²) in [5, 5.41) is 2.75. The Hall–Kier alpha value is -3.15. The molecule has 2 aromatic rings. The first-order valence-corrected chi connectivity index (χ1v) is 9.04. The number of pyridine rings is 1. The Balaban J connectivity index is 1.55. The lowest BCUT2D eigenvalue weighted by Gasteiger charge is -2.28. The van der Waals surface area contributed by atoms with E-state index in [1.54, 1.807) is 36.5 Å². The van der Waals surface area contributed by atoms with Gasteiger partial charge in [-0.05, 0) is 55.2 Å². The summed E-state index contributed by atoms with van der Waals surface area (Å²) in [5.41, 5.74) is 2.37. The van der Waals surface area contributed by atoms with E-state index in [2.05, 4.69) is 19.9 Å². The molecule has 0 saturated carbocycles. The summed E-state index contributed by atoms with van der Waals surface area (Å²) >= 11 is 0. The molecule has 2 heterocycles. The summed E-state index contributed by atoms with van der Waals surface area (Å²) in [7, 11) is 1.34. The van der Waals surface area contributed by atoms with Gasteiger partial charge >= 0.3 is 5.97 Å². The van der Waals surface area contributed by atoms with Gasteiger partial charge in [0.15, 0.2) is 0 Å². The molecule has 27 heavy (non-hydrogen) atoms. The van der Waals surface area contributed by atoms with E-state index < -0.39 is 0 Å². The SMILES string of the molecule is COC(=O)c1ccc(/C=C/C(=O)Nc2ccc(N3CCCCC3)cn2)cc1. The number of hydrogen-bond acceptors (Lipinski definition) is 5. The summed E-state index contributed by atoms with van der Waals surface area (Å²) in [6, 6.07) is 10.6. The summed E-state index contributed by atoms with van der Waals surface area (Å²) in [5.74, 6) is -0.126. The molecule has 1 fully saturated rings. The Labute approximate surface area is 158 Å². The van der Waals surface area contributed by atoms with Crippen molar-refractivity contribution in [2.24, 2.45) is 0 Å². The van der Waals surface area contributed by atoms with Crippen LogP contribution in [-0.2, 0) is 9.53 Å². The van der Waals surface area contributed by atoms with Gasteiger partial charge in [-0.15, -0.1) is 0 Å². The summed E-state index contributed by atoms with van der Waals surface area (Å²) in [4.78, 5) is 30.1. The number of benzene rings is 1. The molecule has 0 spiro atoms. The van der Waals surface area contributed by atoms with Gasteiger partial charge in [0.2, 0.25) is 5.91 Å². The Morgan fingerprint density at radius 1 is 1.07 bits per heavy atom. The minimum atomic E-state index is -0.387. The Bertz CT molecular complexity index is 808. The second-order valence-corrected chi connectivity index (χ2v) is 6.39. The highest BCUT2D eigenvalue weighted by atomic mass is 16.5. The van der Waals surface area contributed by atoms with Gasteiger partial charge in [0.05, 0.1) is 24.6 Å². The van der Waals surface area contributed by atoms with Crippen LogP contribution in [0.2, 0.25) is 0 Å². The zero-order chi connectivity index (χ0) is 19.1.